The molecule has 22 heavy (non-hydrogen) atoms. The maximum absolute atomic E-state index is 11.9. The Balaban J connectivity index is 2.43. The molecule has 0 N–H and O–H groups in total. The van der Waals surface area contributed by atoms with E-state index in [4.69, 9.17) is 4.74 Å². The first-order valence-corrected chi connectivity index (χ1v) is 8.38. The quantitative estimate of drug-likeness (QED) is 0.602. The van der Waals surface area contributed by atoms with E-state index in [1.54, 1.807) is 14.0 Å². The molecule has 116 valence electrons. The molecule has 0 bridgehead atoms. The van der Waals surface area contributed by atoms with Gasteiger partial charge in [0, 0.05) is 16.3 Å². The molecule has 0 aliphatic rings. The summed E-state index contributed by atoms with van der Waals surface area (Å²) < 4.78 is 5.50. The lowest BCUT2D eigenvalue weighted by molar-refractivity contribution is 0.101. The molecule has 0 aliphatic heterocycles. The number of benzene rings is 2. The number of carbonyl (C=O) groups is 1. The minimum Gasteiger partial charge on any atom is -0.496 e. The van der Waals surface area contributed by atoms with E-state index in [-0.39, 0.29) is 10.9 Å². The molecule has 0 amide bonds. The van der Waals surface area contributed by atoms with Crippen LogP contribution < -0.4 is 10.0 Å². The number of para-hydroxylation sites is 1. The zero-order valence-corrected chi connectivity index (χ0v) is 14.9. The summed E-state index contributed by atoms with van der Waals surface area (Å²) in [7, 11) is 2.19. The Bertz CT molecular complexity index is 690. The average molecular weight is 314 g/mol. The molecule has 0 heterocycles. The average Bonchev–Trinajstić information content (AvgIpc) is 2.48. The Hall–Kier alpha value is -1.66. The zero-order valence-electron chi connectivity index (χ0n) is 13.9. The van der Waals surface area contributed by atoms with E-state index in [2.05, 4.69) is 32.0 Å². The van der Waals surface area contributed by atoms with E-state index in [1.165, 1.54) is 5.56 Å². The highest BCUT2D eigenvalue weighted by Crippen LogP contribution is 2.44. The topological polar surface area (TPSA) is 26.3 Å². The summed E-state index contributed by atoms with van der Waals surface area (Å²) >= 11 is 0. The lowest BCUT2D eigenvalue weighted by Crippen LogP contribution is -2.19. The molecule has 0 saturated heterocycles. The van der Waals surface area contributed by atoms with E-state index >= 15 is 0 Å². The smallest absolute Gasteiger partial charge is 0.160 e. The van der Waals surface area contributed by atoms with Gasteiger partial charge in [0.25, 0.3) is 0 Å². The van der Waals surface area contributed by atoms with E-state index in [0.29, 0.717) is 8.58 Å². The number of methoxy groups -OCH3 is 1. The van der Waals surface area contributed by atoms with Gasteiger partial charge in [0.05, 0.1) is 7.11 Å². The molecule has 2 aromatic carbocycles. The molecule has 3 heteroatoms. The number of hydrogen-bond acceptors (Lipinski definition) is 2. The van der Waals surface area contributed by atoms with Gasteiger partial charge >= 0.3 is 0 Å². The summed E-state index contributed by atoms with van der Waals surface area (Å²) in [6.07, 6.45) is 0. The molecule has 0 radical (unpaired) electrons. The van der Waals surface area contributed by atoms with Crippen LogP contribution in [0.5, 0.6) is 5.75 Å². The minimum absolute atomic E-state index is 0.0912. The van der Waals surface area contributed by atoms with Gasteiger partial charge in [-0.25, -0.2) is 0 Å². The van der Waals surface area contributed by atoms with Crippen molar-refractivity contribution in [2.45, 2.75) is 32.9 Å². The molecule has 0 spiro atoms. The molecular weight excluding hydrogens is 291 g/mol. The van der Waals surface area contributed by atoms with Gasteiger partial charge in [0.15, 0.2) is 5.78 Å². The fourth-order valence-electron chi connectivity index (χ4n) is 2.62. The largest absolute Gasteiger partial charge is 0.496 e. The van der Waals surface area contributed by atoms with Crippen LogP contribution in [-0.4, -0.2) is 12.9 Å². The number of ether oxygens (including phenoxy) is 1. The molecule has 0 saturated carbocycles. The van der Waals surface area contributed by atoms with Crippen molar-refractivity contribution >= 4 is 19.7 Å². The standard InChI is InChI=1S/C19H23O2P/c1-13-10-11-18(15(12-13)14(2)20)22-19(3,4)16-8-6-7-9-17(16)21-5/h6-12,22H,1-5H3. The van der Waals surface area contributed by atoms with Gasteiger partial charge in [-0.15, -0.1) is 0 Å². The molecule has 0 aliphatic carbocycles. The van der Waals surface area contributed by atoms with E-state index in [1.807, 2.05) is 31.2 Å². The molecule has 2 rings (SSSR count). The second-order valence-corrected chi connectivity index (χ2v) is 8.09. The molecule has 2 aromatic rings. The van der Waals surface area contributed by atoms with Crippen LogP contribution >= 0.6 is 8.58 Å². The Kier molecular flexibility index (Phi) is 5.03. The monoisotopic (exact) mass is 314 g/mol. The van der Waals surface area contributed by atoms with Crippen LogP contribution in [0, 0.1) is 6.92 Å². The number of Topliss-reactive ketones (excluding diaryl/α,β-unsaturated/α-hetero) is 1. The maximum Gasteiger partial charge on any atom is 0.160 e. The van der Waals surface area contributed by atoms with E-state index < -0.39 is 0 Å². The van der Waals surface area contributed by atoms with Crippen LogP contribution in [0.2, 0.25) is 0 Å². The molecule has 1 atom stereocenters. The Morgan fingerprint density at radius 3 is 2.45 bits per heavy atom. The van der Waals surface area contributed by atoms with Crippen LogP contribution in [0.3, 0.4) is 0 Å². The lowest BCUT2D eigenvalue weighted by atomic mass is 10.0. The zero-order chi connectivity index (χ0) is 16.3. The van der Waals surface area contributed by atoms with Crippen molar-refractivity contribution in [3.05, 3.63) is 59.2 Å². The first kappa shape index (κ1) is 16.7. The third kappa shape index (κ3) is 3.56. The number of aryl methyl sites for hydroxylation is 1. The first-order valence-electron chi connectivity index (χ1n) is 7.38. The van der Waals surface area contributed by atoms with Gasteiger partial charge in [-0.1, -0.05) is 58.3 Å². The summed E-state index contributed by atoms with van der Waals surface area (Å²) in [4.78, 5) is 11.9. The van der Waals surface area contributed by atoms with Crippen LogP contribution in [0.25, 0.3) is 0 Å². The third-order valence-corrected chi connectivity index (χ3v) is 5.38. The number of carbonyl (C=O) groups excluding carboxylic acids is 1. The van der Waals surface area contributed by atoms with Crippen LogP contribution in [0.15, 0.2) is 42.5 Å². The van der Waals surface area contributed by atoms with Gasteiger partial charge in [-0.2, -0.15) is 0 Å². The fourth-order valence-corrected chi connectivity index (χ4v) is 4.19. The summed E-state index contributed by atoms with van der Waals surface area (Å²) in [6, 6.07) is 14.3. The fraction of sp³-hybridized carbons (Fsp3) is 0.316. The highest BCUT2D eigenvalue weighted by atomic mass is 31.1. The van der Waals surface area contributed by atoms with Gasteiger partial charge < -0.3 is 4.74 Å². The minimum atomic E-state index is -0.0912. The lowest BCUT2D eigenvalue weighted by Gasteiger charge is -2.28. The molecule has 0 fully saturated rings. The van der Waals surface area contributed by atoms with E-state index in [0.717, 1.165) is 22.2 Å². The SMILES string of the molecule is COc1ccccc1C(C)(C)Pc1ccc(C)cc1C(C)=O. The van der Waals surface area contributed by atoms with Crippen LogP contribution in [0.4, 0.5) is 0 Å². The number of hydrogen-bond donors (Lipinski definition) is 0. The molecular formula is C19H23O2P. The Morgan fingerprint density at radius 1 is 1.14 bits per heavy atom. The highest BCUT2D eigenvalue weighted by Gasteiger charge is 2.26. The third-order valence-electron chi connectivity index (χ3n) is 3.78. The van der Waals surface area contributed by atoms with E-state index in [9.17, 15) is 4.79 Å². The second kappa shape index (κ2) is 6.62. The summed E-state index contributed by atoms with van der Waals surface area (Å²) in [5.74, 6) is 1.03. The van der Waals surface area contributed by atoms with Gasteiger partial charge in [0.1, 0.15) is 5.75 Å². The van der Waals surface area contributed by atoms with Crippen molar-refractivity contribution in [1.29, 1.82) is 0 Å². The predicted molar refractivity (Wildman–Crippen MR) is 95.2 cm³/mol. The number of rotatable bonds is 5. The number of ketones is 1. The van der Waals surface area contributed by atoms with Gasteiger partial charge in [-0.05, 0) is 31.3 Å². The van der Waals surface area contributed by atoms with Crippen molar-refractivity contribution < 1.29 is 9.53 Å². The summed E-state index contributed by atoms with van der Waals surface area (Å²) in [6.45, 7) is 8.06. The Morgan fingerprint density at radius 2 is 1.82 bits per heavy atom. The van der Waals surface area contributed by atoms with Crippen molar-refractivity contribution in [2.75, 3.05) is 7.11 Å². The normalized spacial score (nSPS) is 11.9. The Labute approximate surface area is 134 Å². The molecule has 1 unspecified atom stereocenters. The first-order chi connectivity index (χ1) is 10.3. The van der Waals surface area contributed by atoms with Crippen molar-refractivity contribution in [3.63, 3.8) is 0 Å². The highest BCUT2D eigenvalue weighted by molar-refractivity contribution is 7.48. The van der Waals surface area contributed by atoms with Crippen molar-refractivity contribution in [2.24, 2.45) is 0 Å². The van der Waals surface area contributed by atoms with Gasteiger partial charge in [-0.3, -0.25) is 4.79 Å². The van der Waals surface area contributed by atoms with Crippen molar-refractivity contribution in [3.8, 4) is 5.75 Å². The van der Waals surface area contributed by atoms with Gasteiger partial charge in [0.2, 0.25) is 0 Å². The predicted octanol–water partition coefficient (Wildman–Crippen LogP) is 4.45. The molecule has 0 aromatic heterocycles. The second-order valence-electron chi connectivity index (χ2n) is 6.06. The van der Waals surface area contributed by atoms with Crippen LogP contribution in [0.1, 0.15) is 42.3 Å². The summed E-state index contributed by atoms with van der Waals surface area (Å²) in [5, 5.41) is 1.03. The maximum atomic E-state index is 11.9. The summed E-state index contributed by atoms with van der Waals surface area (Å²) in [5.41, 5.74) is 3.13. The molecule has 2 nitrogen and oxygen atoms in total. The van der Waals surface area contributed by atoms with Crippen LogP contribution in [-0.2, 0) is 5.16 Å². The van der Waals surface area contributed by atoms with Crippen molar-refractivity contribution in [1.82, 2.24) is 0 Å².